The molecule has 3 aliphatic rings. The van der Waals surface area contributed by atoms with Gasteiger partial charge in [-0.05, 0) is 41.6 Å². The van der Waals surface area contributed by atoms with Crippen LogP contribution in [0, 0.1) is 0 Å². The largest absolute Gasteiger partial charge is 0.481 e. The number of fused-ring (bicyclic) bond motifs is 2. The van der Waals surface area contributed by atoms with Crippen molar-refractivity contribution in [3.05, 3.63) is 0 Å². The second-order valence-corrected chi connectivity index (χ2v) is 32.6. The Morgan fingerprint density at radius 3 is 1.26 bits per heavy atom. The highest BCUT2D eigenvalue weighted by molar-refractivity contribution is 8.02. The lowest BCUT2D eigenvalue weighted by Gasteiger charge is -2.45. The van der Waals surface area contributed by atoms with Crippen molar-refractivity contribution in [1.29, 1.82) is 0 Å². The molecule has 3 saturated heterocycles. The summed E-state index contributed by atoms with van der Waals surface area (Å²) in [6.45, 7) is 25.3. The van der Waals surface area contributed by atoms with E-state index in [9.17, 15) is 38.4 Å². The number of nitrogens with one attached hydrogen (secondary N) is 7. The lowest BCUT2D eigenvalue weighted by atomic mass is 10.3. The first kappa shape index (κ1) is 104. The molecular formula is C55H116N14O16S13. The van der Waals surface area contributed by atoms with Gasteiger partial charge in [-0.15, -0.1) is 153 Å². The number of carbonyl (C=O) groups excluding carboxylic acids is 5. The zero-order valence-corrected chi connectivity index (χ0v) is 67.6. The van der Waals surface area contributed by atoms with Gasteiger partial charge >= 0.3 is 17.9 Å². The minimum absolute atomic E-state index is 0. The third-order valence-corrected chi connectivity index (χ3v) is 22.0. The van der Waals surface area contributed by atoms with Crippen LogP contribution in [0.15, 0.2) is 0 Å². The summed E-state index contributed by atoms with van der Waals surface area (Å²) in [4.78, 5) is 96.8. The summed E-state index contributed by atoms with van der Waals surface area (Å²) in [5, 5.41) is 48.1. The van der Waals surface area contributed by atoms with Gasteiger partial charge in [0, 0.05) is 129 Å². The van der Waals surface area contributed by atoms with Gasteiger partial charge in [-0.3, -0.25) is 110 Å². The topological polar surface area (TPSA) is 350 Å². The first-order chi connectivity index (χ1) is 47.3. The fourth-order valence-electron chi connectivity index (χ4n) is 7.02. The highest BCUT2D eigenvalue weighted by Crippen LogP contribution is 2.17. The predicted octanol–water partition coefficient (Wildman–Crippen LogP) is 5.22. The number of aliphatic carboxylic acids is 3. The highest BCUT2D eigenvalue weighted by atomic mass is 32.2. The summed E-state index contributed by atoms with van der Waals surface area (Å²) >= 11 is 21.2. The van der Waals surface area contributed by atoms with Crippen LogP contribution in [-0.4, -0.2) is 338 Å². The van der Waals surface area contributed by atoms with Crippen molar-refractivity contribution in [2.75, 3.05) is 238 Å². The Morgan fingerprint density at radius 1 is 0.378 bits per heavy atom. The number of thioether (sulfide) groups is 13. The first-order valence-electron chi connectivity index (χ1n) is 30.8. The fourth-order valence-corrected chi connectivity index (χ4v) is 15.1. The molecule has 2 atom stereocenters. The molecule has 3 fully saturated rings. The van der Waals surface area contributed by atoms with Gasteiger partial charge < -0.3 is 39.0 Å². The number of hydrogen-bond donors (Lipinski definition) is 10. The van der Waals surface area contributed by atoms with Crippen LogP contribution in [0.1, 0.15) is 54.9 Å². The summed E-state index contributed by atoms with van der Waals surface area (Å²) in [5.74, 6) is 16.7. The van der Waals surface area contributed by atoms with E-state index >= 15 is 0 Å². The van der Waals surface area contributed by atoms with Gasteiger partial charge in [0.2, 0.25) is 0 Å². The second-order valence-electron chi connectivity index (χ2n) is 18.8. The van der Waals surface area contributed by atoms with Gasteiger partial charge in [0.1, 0.15) is 29.7 Å². The molecule has 0 aromatic rings. The molecule has 98 heavy (non-hydrogen) atoms. The number of carboxylic acids is 3. The molecule has 0 spiro atoms. The molecule has 2 unspecified atom stereocenters. The maximum atomic E-state index is 10.5. The monoisotopic (exact) mass is 1640 g/mol. The van der Waals surface area contributed by atoms with Crippen molar-refractivity contribution in [3.8, 4) is 0 Å². The van der Waals surface area contributed by atoms with E-state index in [1.54, 1.807) is 11.8 Å². The van der Waals surface area contributed by atoms with Crippen LogP contribution in [-0.2, 0) is 62.0 Å². The van der Waals surface area contributed by atoms with Crippen LogP contribution in [0.3, 0.4) is 0 Å². The van der Waals surface area contributed by atoms with E-state index in [0.29, 0.717) is 99.7 Å². The molecule has 2 bridgehead atoms. The molecule has 10 N–H and O–H groups in total. The smallest absolute Gasteiger partial charge is 0.313 e. The Bertz CT molecular complexity index is 1770. The summed E-state index contributed by atoms with van der Waals surface area (Å²) < 4.78 is 22.7. The van der Waals surface area contributed by atoms with Gasteiger partial charge in [0.05, 0.1) is 50.6 Å². The molecule has 0 aliphatic carbocycles. The third kappa shape index (κ3) is 83.0. The molecule has 0 aromatic carbocycles. The molecule has 43 heteroatoms. The zero-order chi connectivity index (χ0) is 72.0. The molecule has 3 aliphatic heterocycles. The molecule has 0 radical (unpaired) electrons. The number of ether oxygens (including phenoxy) is 5. The van der Waals surface area contributed by atoms with Crippen molar-refractivity contribution in [2.24, 2.45) is 0 Å². The molecule has 3 heterocycles. The van der Waals surface area contributed by atoms with Gasteiger partial charge in [-0.25, -0.2) is 0 Å². The van der Waals surface area contributed by atoms with Crippen LogP contribution < -0.4 is 37.2 Å². The number of carbonyl (C=O) groups is 8. The Labute approximate surface area is 639 Å². The Balaban J connectivity index is -0.000000547. The standard InChI is InChI=1S/C12H26N4O4S3.C11H23N3O2S2.C9H17N3O2S.C9H17NO4S3.C7H16N2O2S2.C6H13NO2S2.CH4/c1-2-21-8-16(9-22-3-12(18)19)6-14-4-13-5-15-7-23-11-20-10-17;1-2-17-10-14-5-3-4-13(9-14)7-12-8-18-6-11(15)16;13-9(14)4-15-8-12-6-10-2-1-3-11(5-10)7-12;1-2-15-3-10(4-16-8-13-6-11)5-17-9-14-7-12;1-2-12-4-8-3-9-5-13-7-11-6-10;1-2-10-3-7-4-11-6-9-5-8;/h10,13-15H,2-9,11H2,1H3,(H,18,19);12H,2-10H2,1H3,(H,15,16);1-8H2,(H,13,14);6-7H,2-5,8-9H2,1H3;6,8-9H,2-5,7H2,1H3;5,7H,2-4,6H2,1H3;1H4. The summed E-state index contributed by atoms with van der Waals surface area (Å²) in [6.07, 6.45) is 2.48. The Morgan fingerprint density at radius 2 is 0.755 bits per heavy atom. The number of rotatable bonds is 62. The maximum absolute atomic E-state index is 10.5. The quantitative estimate of drug-likeness (QED) is 0.0161. The van der Waals surface area contributed by atoms with Crippen molar-refractivity contribution >= 4 is 203 Å². The zero-order valence-electron chi connectivity index (χ0n) is 57.0. The molecule has 30 nitrogen and oxygen atoms in total. The molecule has 0 aromatic heterocycles. The molecule has 3 rings (SSSR count). The van der Waals surface area contributed by atoms with E-state index in [-0.39, 0.29) is 24.7 Å². The van der Waals surface area contributed by atoms with Gasteiger partial charge in [0.25, 0.3) is 32.4 Å². The van der Waals surface area contributed by atoms with E-state index < -0.39 is 17.9 Å². The lowest BCUT2D eigenvalue weighted by Crippen LogP contribution is -2.58. The third-order valence-electron chi connectivity index (χ3n) is 10.9. The molecular weight excluding hydrogens is 1530 g/mol. The fraction of sp³-hybridized carbons (Fsp3) is 0.855. The van der Waals surface area contributed by atoms with Crippen molar-refractivity contribution in [3.63, 3.8) is 0 Å². The SMILES string of the molecule is C.CCSCN(CNCNCNCSCOC=O)CSCC(=O)O.CCSCN(CSCOC=O)CSCOC=O.CCSCN1CCCN(CNCSCC(=O)O)C1.CCSCNCNCSCOC=O.CCSCNCSCOC=O.O=C(O)CSCN1CN2CCCN(C2)C1. The van der Waals surface area contributed by atoms with E-state index in [4.69, 9.17) is 15.3 Å². The van der Waals surface area contributed by atoms with Crippen molar-refractivity contribution < 1.29 is 77.4 Å². The van der Waals surface area contributed by atoms with Gasteiger partial charge in [0.15, 0.2) is 0 Å². The lowest BCUT2D eigenvalue weighted by molar-refractivity contribution is -0.135. The summed E-state index contributed by atoms with van der Waals surface area (Å²) in [7, 11) is 0. The van der Waals surface area contributed by atoms with Crippen molar-refractivity contribution in [2.45, 2.75) is 54.9 Å². The van der Waals surface area contributed by atoms with Crippen LogP contribution in [0.25, 0.3) is 0 Å². The Hall–Kier alpha value is -0.250. The summed E-state index contributed by atoms with van der Waals surface area (Å²) in [6, 6.07) is 0. The van der Waals surface area contributed by atoms with E-state index in [1.807, 2.05) is 58.8 Å². The van der Waals surface area contributed by atoms with Gasteiger partial charge in [-0.1, -0.05) is 42.0 Å². The predicted molar refractivity (Wildman–Crippen MR) is 426 cm³/mol. The van der Waals surface area contributed by atoms with Crippen molar-refractivity contribution in [1.82, 2.24) is 71.5 Å². The maximum Gasteiger partial charge on any atom is 0.313 e. The molecule has 580 valence electrons. The average molecular weight is 1650 g/mol. The Kier molecular flexibility index (Phi) is 92.8. The summed E-state index contributed by atoms with van der Waals surface area (Å²) in [5.41, 5.74) is 0. The van der Waals surface area contributed by atoms with Crippen LogP contribution in [0.5, 0.6) is 0 Å². The second kappa shape index (κ2) is 87.4. The van der Waals surface area contributed by atoms with Gasteiger partial charge in [-0.2, -0.15) is 0 Å². The van der Waals surface area contributed by atoms with E-state index in [1.165, 1.54) is 121 Å². The van der Waals surface area contributed by atoms with Crippen LogP contribution in [0.4, 0.5) is 0 Å². The first-order valence-corrected chi connectivity index (χ1v) is 45.8. The minimum Gasteiger partial charge on any atom is -0.481 e. The number of hydrogen-bond acceptors (Lipinski definition) is 40. The molecule has 0 amide bonds. The van der Waals surface area contributed by atoms with Crippen LogP contribution in [0.2, 0.25) is 0 Å². The van der Waals surface area contributed by atoms with E-state index in [2.05, 4.69) is 130 Å². The molecule has 0 saturated carbocycles. The average Bonchev–Trinajstić information content (AvgIpc) is 0.883. The number of nitrogens with zero attached hydrogens (tertiary/aromatic N) is 7. The normalized spacial score (nSPS) is 14.8. The van der Waals surface area contributed by atoms with Crippen LogP contribution >= 0.6 is 153 Å². The number of carboxylic acid groups (broad SMARTS) is 3. The minimum atomic E-state index is -0.782. The van der Waals surface area contributed by atoms with E-state index in [0.717, 1.165) is 128 Å². The highest BCUT2D eigenvalue weighted by Gasteiger charge is 2.26.